The quantitative estimate of drug-likeness (QED) is 0.524. The Kier molecular flexibility index (Phi) is 3.02. The summed E-state index contributed by atoms with van der Waals surface area (Å²) in [6.07, 6.45) is -1.60. The average Bonchev–Trinajstić information content (AvgIpc) is 2.09. The van der Waals surface area contributed by atoms with Crippen molar-refractivity contribution < 1.29 is 24.9 Å². The van der Waals surface area contributed by atoms with Crippen LogP contribution in [-0.4, -0.2) is 46.7 Å². The standard InChI is InChI=1S/C8H12O5/c1-13-6-3-4(8(11)12)2-5(9)7(6)10/h2,5-7,9-10H,3H2,1H3,(H,11,12)/t5-,6-,7-/m1/s1. The Morgan fingerprint density at radius 1 is 1.62 bits per heavy atom. The highest BCUT2D eigenvalue weighted by Crippen LogP contribution is 2.21. The highest BCUT2D eigenvalue weighted by Gasteiger charge is 2.32. The summed E-state index contributed by atoms with van der Waals surface area (Å²) >= 11 is 0. The van der Waals surface area contributed by atoms with Crippen molar-refractivity contribution in [2.45, 2.75) is 24.7 Å². The monoisotopic (exact) mass is 188 g/mol. The van der Waals surface area contributed by atoms with Gasteiger partial charge in [-0.3, -0.25) is 0 Å². The molecule has 0 unspecified atom stereocenters. The summed E-state index contributed by atoms with van der Waals surface area (Å²) in [6.45, 7) is 0. The van der Waals surface area contributed by atoms with Gasteiger partial charge in [0.15, 0.2) is 0 Å². The van der Waals surface area contributed by atoms with Gasteiger partial charge in [0, 0.05) is 19.1 Å². The first kappa shape index (κ1) is 10.2. The van der Waals surface area contributed by atoms with Crippen LogP contribution in [0.3, 0.4) is 0 Å². The van der Waals surface area contributed by atoms with Crippen molar-refractivity contribution >= 4 is 5.97 Å². The summed E-state index contributed by atoms with van der Waals surface area (Å²) in [5.74, 6) is -1.09. The van der Waals surface area contributed by atoms with Gasteiger partial charge in [-0.25, -0.2) is 4.79 Å². The first-order valence-electron chi connectivity index (χ1n) is 3.89. The van der Waals surface area contributed by atoms with Gasteiger partial charge in [0.2, 0.25) is 0 Å². The molecule has 1 aliphatic carbocycles. The zero-order valence-electron chi connectivity index (χ0n) is 7.17. The number of hydrogen-bond donors (Lipinski definition) is 3. The average molecular weight is 188 g/mol. The first-order chi connectivity index (χ1) is 6.06. The molecule has 3 N–H and O–H groups in total. The summed E-state index contributed by atoms with van der Waals surface area (Å²) in [7, 11) is 1.37. The molecule has 5 heteroatoms. The number of methoxy groups -OCH3 is 1. The van der Waals surface area contributed by atoms with Gasteiger partial charge >= 0.3 is 5.97 Å². The summed E-state index contributed by atoms with van der Waals surface area (Å²) in [5, 5.41) is 27.2. The summed E-state index contributed by atoms with van der Waals surface area (Å²) in [4.78, 5) is 10.6. The number of aliphatic carboxylic acids is 1. The lowest BCUT2D eigenvalue weighted by Gasteiger charge is -2.28. The minimum atomic E-state index is -1.16. The number of rotatable bonds is 2. The number of carboxylic acids is 1. The Hall–Kier alpha value is -0.910. The predicted molar refractivity (Wildman–Crippen MR) is 43.1 cm³/mol. The fourth-order valence-corrected chi connectivity index (χ4v) is 1.31. The van der Waals surface area contributed by atoms with Gasteiger partial charge in [-0.05, 0) is 6.08 Å². The number of ether oxygens (including phenoxy) is 1. The molecule has 0 aromatic rings. The van der Waals surface area contributed by atoms with Gasteiger partial charge < -0.3 is 20.1 Å². The van der Waals surface area contributed by atoms with Crippen LogP contribution in [0.25, 0.3) is 0 Å². The molecule has 0 saturated carbocycles. The molecule has 0 radical (unpaired) electrons. The lowest BCUT2D eigenvalue weighted by Crippen LogP contribution is -2.41. The first-order valence-corrected chi connectivity index (χ1v) is 3.89. The van der Waals surface area contributed by atoms with E-state index >= 15 is 0 Å². The van der Waals surface area contributed by atoms with Gasteiger partial charge in [-0.15, -0.1) is 0 Å². The van der Waals surface area contributed by atoms with Crippen molar-refractivity contribution in [2.24, 2.45) is 0 Å². The van der Waals surface area contributed by atoms with Crippen LogP contribution in [0.4, 0.5) is 0 Å². The fourth-order valence-electron chi connectivity index (χ4n) is 1.31. The molecule has 0 saturated heterocycles. The third kappa shape index (κ3) is 2.06. The molecule has 1 aliphatic rings. The topological polar surface area (TPSA) is 87.0 Å². The number of aliphatic hydroxyl groups is 2. The third-order valence-corrected chi connectivity index (χ3v) is 2.10. The highest BCUT2D eigenvalue weighted by atomic mass is 16.5. The van der Waals surface area contributed by atoms with Crippen LogP contribution < -0.4 is 0 Å². The van der Waals surface area contributed by atoms with Crippen molar-refractivity contribution in [3.8, 4) is 0 Å². The van der Waals surface area contributed by atoms with Crippen molar-refractivity contribution in [1.29, 1.82) is 0 Å². The van der Waals surface area contributed by atoms with E-state index in [4.69, 9.17) is 9.84 Å². The molecular weight excluding hydrogens is 176 g/mol. The third-order valence-electron chi connectivity index (χ3n) is 2.10. The maximum absolute atomic E-state index is 10.6. The van der Waals surface area contributed by atoms with Crippen LogP contribution in [0.5, 0.6) is 0 Å². The van der Waals surface area contributed by atoms with E-state index in [1.165, 1.54) is 7.11 Å². The number of carbonyl (C=O) groups is 1. The van der Waals surface area contributed by atoms with E-state index < -0.39 is 24.3 Å². The molecule has 0 fully saturated rings. The van der Waals surface area contributed by atoms with Crippen molar-refractivity contribution in [3.63, 3.8) is 0 Å². The Morgan fingerprint density at radius 2 is 2.23 bits per heavy atom. The summed E-state index contributed by atoms with van der Waals surface area (Å²) in [5.41, 5.74) is 0.0738. The van der Waals surface area contributed by atoms with E-state index in [1.54, 1.807) is 0 Å². The molecule has 0 bridgehead atoms. The highest BCUT2D eigenvalue weighted by molar-refractivity contribution is 5.87. The van der Waals surface area contributed by atoms with E-state index in [2.05, 4.69) is 0 Å². The number of aliphatic hydroxyl groups excluding tert-OH is 2. The van der Waals surface area contributed by atoms with Gasteiger partial charge in [-0.2, -0.15) is 0 Å². The maximum atomic E-state index is 10.6. The Balaban J connectivity index is 2.81. The second-order valence-corrected chi connectivity index (χ2v) is 2.96. The molecule has 0 aliphatic heterocycles. The molecule has 1 rings (SSSR count). The fraction of sp³-hybridized carbons (Fsp3) is 0.625. The molecule has 0 amide bonds. The molecule has 0 aromatic carbocycles. The largest absolute Gasteiger partial charge is 0.478 e. The second kappa shape index (κ2) is 3.87. The molecule has 0 spiro atoms. The molecule has 74 valence electrons. The Labute approximate surface area is 75.3 Å². The van der Waals surface area contributed by atoms with Gasteiger partial charge in [0.05, 0.1) is 6.10 Å². The lowest BCUT2D eigenvalue weighted by molar-refractivity contribution is -0.134. The number of hydrogen-bond acceptors (Lipinski definition) is 4. The van der Waals surface area contributed by atoms with Crippen molar-refractivity contribution in [2.75, 3.05) is 7.11 Å². The van der Waals surface area contributed by atoms with Crippen molar-refractivity contribution in [3.05, 3.63) is 11.6 Å². The maximum Gasteiger partial charge on any atom is 0.331 e. The van der Waals surface area contributed by atoms with E-state index in [0.717, 1.165) is 6.08 Å². The molecular formula is C8H12O5. The zero-order chi connectivity index (χ0) is 10.0. The lowest BCUT2D eigenvalue weighted by atomic mass is 9.92. The minimum Gasteiger partial charge on any atom is -0.478 e. The Morgan fingerprint density at radius 3 is 2.69 bits per heavy atom. The van der Waals surface area contributed by atoms with E-state index in [0.29, 0.717) is 0 Å². The predicted octanol–water partition coefficient (Wildman–Crippen LogP) is -0.862. The van der Waals surface area contributed by atoms with Crippen LogP contribution >= 0.6 is 0 Å². The van der Waals surface area contributed by atoms with E-state index in [9.17, 15) is 15.0 Å². The molecule has 0 aromatic heterocycles. The zero-order valence-corrected chi connectivity index (χ0v) is 7.17. The van der Waals surface area contributed by atoms with E-state index in [-0.39, 0.29) is 12.0 Å². The molecule has 13 heavy (non-hydrogen) atoms. The van der Waals surface area contributed by atoms with Crippen LogP contribution in [0, 0.1) is 0 Å². The van der Waals surface area contributed by atoms with Crippen LogP contribution in [0.2, 0.25) is 0 Å². The molecule has 5 nitrogen and oxygen atoms in total. The van der Waals surface area contributed by atoms with Gasteiger partial charge in [0.1, 0.15) is 12.2 Å². The molecule has 3 atom stereocenters. The second-order valence-electron chi connectivity index (χ2n) is 2.96. The van der Waals surface area contributed by atoms with Crippen LogP contribution in [-0.2, 0) is 9.53 Å². The molecule has 0 heterocycles. The van der Waals surface area contributed by atoms with Gasteiger partial charge in [-0.1, -0.05) is 0 Å². The smallest absolute Gasteiger partial charge is 0.331 e. The summed E-state index contributed by atoms with van der Waals surface area (Å²) in [6, 6.07) is 0. The van der Waals surface area contributed by atoms with Crippen LogP contribution in [0.1, 0.15) is 6.42 Å². The van der Waals surface area contributed by atoms with Crippen LogP contribution in [0.15, 0.2) is 11.6 Å². The SMILES string of the molecule is CO[C@@H]1CC(C(=O)O)=C[C@@H](O)[C@H]1O. The van der Waals surface area contributed by atoms with Crippen molar-refractivity contribution in [1.82, 2.24) is 0 Å². The minimum absolute atomic E-state index is 0.0738. The van der Waals surface area contributed by atoms with E-state index in [1.807, 2.05) is 0 Å². The number of carboxylic acid groups (broad SMARTS) is 1. The van der Waals surface area contributed by atoms with Gasteiger partial charge in [0.25, 0.3) is 0 Å². The summed E-state index contributed by atoms with van der Waals surface area (Å²) < 4.78 is 4.84. The normalized spacial score (nSPS) is 34.1. The Bertz CT molecular complexity index is 235.